The van der Waals surface area contributed by atoms with E-state index in [4.69, 9.17) is 14.9 Å². The third kappa shape index (κ3) is 4.34. The van der Waals surface area contributed by atoms with Gasteiger partial charge in [-0.1, -0.05) is 6.92 Å². The lowest BCUT2D eigenvalue weighted by molar-refractivity contribution is 0.0686. The summed E-state index contributed by atoms with van der Waals surface area (Å²) in [6.07, 6.45) is 1.08. The Morgan fingerprint density at radius 2 is 2.05 bits per heavy atom. The van der Waals surface area contributed by atoms with Crippen LogP contribution in [0.3, 0.4) is 0 Å². The highest BCUT2D eigenvalue weighted by Gasteiger charge is 2.29. The maximum atomic E-state index is 6.20. The van der Waals surface area contributed by atoms with E-state index in [1.807, 2.05) is 26.0 Å². The van der Waals surface area contributed by atoms with Crippen LogP contribution in [0.1, 0.15) is 44.8 Å². The Labute approximate surface area is 116 Å². The summed E-state index contributed by atoms with van der Waals surface area (Å²) >= 11 is 0. The van der Waals surface area contributed by atoms with Crippen LogP contribution in [0.25, 0.3) is 0 Å². The Kier molecular flexibility index (Phi) is 6.55. The Bertz CT molecular complexity index is 363. The van der Waals surface area contributed by atoms with Crippen molar-refractivity contribution in [2.45, 2.75) is 52.2 Å². The molecule has 110 valence electrons. The number of hydrogen-bond acceptors (Lipinski definition) is 4. The quantitative estimate of drug-likeness (QED) is 0.787. The van der Waals surface area contributed by atoms with Gasteiger partial charge in [0.15, 0.2) is 0 Å². The zero-order valence-electron chi connectivity index (χ0n) is 12.8. The molecule has 1 aromatic rings. The number of nitrogens with two attached hydrogens (primary N) is 1. The fourth-order valence-electron chi connectivity index (χ4n) is 2.40. The molecule has 1 rings (SSSR count). The minimum absolute atomic E-state index is 0.0106. The summed E-state index contributed by atoms with van der Waals surface area (Å²) in [5, 5.41) is 0. The number of ether oxygens (including phenoxy) is 1. The number of aryl methyl sites for hydroxylation is 1. The zero-order chi connectivity index (χ0) is 14.4. The second-order valence-electron chi connectivity index (χ2n) is 5.24. The van der Waals surface area contributed by atoms with Gasteiger partial charge in [-0.2, -0.15) is 0 Å². The van der Waals surface area contributed by atoms with Crippen molar-refractivity contribution >= 4 is 0 Å². The van der Waals surface area contributed by atoms with E-state index in [0.717, 1.165) is 24.5 Å². The van der Waals surface area contributed by atoms with E-state index >= 15 is 0 Å². The van der Waals surface area contributed by atoms with E-state index < -0.39 is 0 Å². The normalized spacial score (nSPS) is 16.6. The first-order valence-electron chi connectivity index (χ1n) is 7.07. The number of methoxy groups -OCH3 is 1. The van der Waals surface area contributed by atoms with Crippen molar-refractivity contribution in [1.82, 2.24) is 4.90 Å². The van der Waals surface area contributed by atoms with Crippen LogP contribution in [0.5, 0.6) is 0 Å². The maximum absolute atomic E-state index is 6.20. The van der Waals surface area contributed by atoms with Gasteiger partial charge in [0, 0.05) is 25.7 Å². The van der Waals surface area contributed by atoms with Gasteiger partial charge in [-0.3, -0.25) is 4.90 Å². The molecule has 1 aromatic heterocycles. The number of furan rings is 1. The van der Waals surface area contributed by atoms with Gasteiger partial charge >= 0.3 is 0 Å². The molecule has 4 nitrogen and oxygen atoms in total. The van der Waals surface area contributed by atoms with Crippen LogP contribution in [0, 0.1) is 6.92 Å². The molecule has 3 unspecified atom stereocenters. The molecule has 0 radical (unpaired) electrons. The molecule has 0 spiro atoms. The first-order valence-corrected chi connectivity index (χ1v) is 7.07. The zero-order valence-corrected chi connectivity index (χ0v) is 12.8. The molecule has 0 aliphatic carbocycles. The largest absolute Gasteiger partial charge is 0.465 e. The predicted molar refractivity (Wildman–Crippen MR) is 78.2 cm³/mol. The first-order chi connectivity index (χ1) is 9.01. The van der Waals surface area contributed by atoms with Gasteiger partial charge in [0.25, 0.3) is 0 Å². The third-order valence-corrected chi connectivity index (χ3v) is 3.62. The lowest BCUT2D eigenvalue weighted by atomic mass is 10.0. The SMILES string of the molecule is CCC(C)N(CCOC)C(c1ccc(C)o1)C(C)N. The van der Waals surface area contributed by atoms with E-state index in [2.05, 4.69) is 18.7 Å². The lowest BCUT2D eigenvalue weighted by Crippen LogP contribution is -2.45. The summed E-state index contributed by atoms with van der Waals surface area (Å²) in [5.41, 5.74) is 6.20. The predicted octanol–water partition coefficient (Wildman–Crippen LogP) is 2.72. The first kappa shape index (κ1) is 16.2. The van der Waals surface area contributed by atoms with E-state index in [0.29, 0.717) is 12.6 Å². The van der Waals surface area contributed by atoms with Crippen molar-refractivity contribution in [3.63, 3.8) is 0 Å². The van der Waals surface area contributed by atoms with Crippen LogP contribution < -0.4 is 5.73 Å². The van der Waals surface area contributed by atoms with Crippen LogP contribution in [-0.4, -0.2) is 37.2 Å². The van der Waals surface area contributed by atoms with Crippen molar-refractivity contribution in [3.8, 4) is 0 Å². The van der Waals surface area contributed by atoms with Gasteiger partial charge in [-0.15, -0.1) is 0 Å². The summed E-state index contributed by atoms with van der Waals surface area (Å²) in [5.74, 6) is 1.88. The second-order valence-corrected chi connectivity index (χ2v) is 5.24. The molecule has 0 aliphatic rings. The fraction of sp³-hybridized carbons (Fsp3) is 0.733. The molecular weight excluding hydrogens is 240 g/mol. The van der Waals surface area contributed by atoms with E-state index in [-0.39, 0.29) is 12.1 Å². The van der Waals surface area contributed by atoms with E-state index in [9.17, 15) is 0 Å². The van der Waals surface area contributed by atoms with Crippen LogP contribution >= 0.6 is 0 Å². The van der Waals surface area contributed by atoms with E-state index in [1.165, 1.54) is 0 Å². The topological polar surface area (TPSA) is 51.6 Å². The van der Waals surface area contributed by atoms with Crippen molar-refractivity contribution in [1.29, 1.82) is 0 Å². The molecule has 4 heteroatoms. The summed E-state index contributed by atoms with van der Waals surface area (Å²) in [7, 11) is 1.73. The van der Waals surface area contributed by atoms with Gasteiger partial charge in [0.1, 0.15) is 11.5 Å². The van der Waals surface area contributed by atoms with Crippen molar-refractivity contribution < 1.29 is 9.15 Å². The van der Waals surface area contributed by atoms with Gasteiger partial charge in [0.2, 0.25) is 0 Å². The van der Waals surface area contributed by atoms with Crippen LogP contribution in [0.2, 0.25) is 0 Å². The summed E-state index contributed by atoms with van der Waals surface area (Å²) in [6.45, 7) is 9.97. The molecule has 0 aromatic carbocycles. The smallest absolute Gasteiger partial charge is 0.122 e. The number of nitrogens with zero attached hydrogens (tertiary/aromatic N) is 1. The molecule has 0 amide bonds. The Hall–Kier alpha value is -0.840. The van der Waals surface area contributed by atoms with Crippen molar-refractivity contribution in [3.05, 3.63) is 23.7 Å². The number of hydrogen-bond donors (Lipinski definition) is 1. The highest BCUT2D eigenvalue weighted by atomic mass is 16.5. The van der Waals surface area contributed by atoms with Crippen LogP contribution in [0.15, 0.2) is 16.5 Å². The highest BCUT2D eigenvalue weighted by molar-refractivity contribution is 5.12. The summed E-state index contributed by atoms with van der Waals surface area (Å²) in [6, 6.07) is 4.58. The monoisotopic (exact) mass is 268 g/mol. The van der Waals surface area contributed by atoms with Crippen molar-refractivity contribution in [2.24, 2.45) is 5.73 Å². The minimum Gasteiger partial charge on any atom is -0.465 e. The van der Waals surface area contributed by atoms with Gasteiger partial charge < -0.3 is 14.9 Å². The Morgan fingerprint density at radius 3 is 2.47 bits per heavy atom. The molecule has 19 heavy (non-hydrogen) atoms. The standard InChI is InChI=1S/C15H28N2O2/c1-6-11(2)17(9-10-18-5)15(13(4)16)14-8-7-12(3)19-14/h7-8,11,13,15H,6,9-10,16H2,1-5H3. The third-order valence-electron chi connectivity index (χ3n) is 3.62. The van der Waals surface area contributed by atoms with E-state index in [1.54, 1.807) is 7.11 Å². The van der Waals surface area contributed by atoms with Gasteiger partial charge in [-0.05, 0) is 39.3 Å². The molecule has 0 fully saturated rings. The minimum atomic E-state index is 0.0106. The highest BCUT2D eigenvalue weighted by Crippen LogP contribution is 2.27. The number of rotatable bonds is 8. The van der Waals surface area contributed by atoms with Gasteiger partial charge in [-0.25, -0.2) is 0 Å². The molecule has 2 N–H and O–H groups in total. The average molecular weight is 268 g/mol. The molecule has 0 aliphatic heterocycles. The maximum Gasteiger partial charge on any atom is 0.122 e. The fourth-order valence-corrected chi connectivity index (χ4v) is 2.40. The van der Waals surface area contributed by atoms with Gasteiger partial charge in [0.05, 0.1) is 12.6 Å². The summed E-state index contributed by atoms with van der Waals surface area (Å²) in [4.78, 5) is 2.38. The Balaban J connectivity index is 2.97. The molecule has 0 saturated heterocycles. The molecule has 1 heterocycles. The Morgan fingerprint density at radius 1 is 1.37 bits per heavy atom. The molecular formula is C15H28N2O2. The summed E-state index contributed by atoms with van der Waals surface area (Å²) < 4.78 is 11.0. The second kappa shape index (κ2) is 7.68. The van der Waals surface area contributed by atoms with Crippen LogP contribution in [0.4, 0.5) is 0 Å². The lowest BCUT2D eigenvalue weighted by Gasteiger charge is -2.37. The van der Waals surface area contributed by atoms with Crippen molar-refractivity contribution in [2.75, 3.05) is 20.3 Å². The van der Waals surface area contributed by atoms with Crippen LogP contribution in [-0.2, 0) is 4.74 Å². The molecule has 0 bridgehead atoms. The molecule has 0 saturated carbocycles. The average Bonchev–Trinajstić information content (AvgIpc) is 2.79. The molecule has 3 atom stereocenters.